The van der Waals surface area contributed by atoms with Crippen molar-refractivity contribution in [2.45, 2.75) is 56.8 Å². The number of fused-ring (bicyclic) bond motifs is 6. The van der Waals surface area contributed by atoms with Gasteiger partial charge in [-0.2, -0.15) is 0 Å². The van der Waals surface area contributed by atoms with E-state index in [9.17, 15) is 14.0 Å². The normalized spacial score (nSPS) is 13.9. The SMILES string of the molecule is CN(C)CCCCNc1ncc2c(n1)-c1ccccc1C(c1ccc(NC(=O)c3ccc(F)cc3)cc1)C2.COc1ccc(OC)c(CC(=O)Nc2ccc(C3Cc4cnc(NCCCCN(C)C)nc4-c4ccccc43)cc2)c1. The summed E-state index contributed by atoms with van der Waals surface area (Å²) in [6.07, 6.45) is 10.1. The highest BCUT2D eigenvalue weighted by Crippen LogP contribution is 2.44. The second-order valence-corrected chi connectivity index (χ2v) is 20.8. The van der Waals surface area contributed by atoms with E-state index in [1.807, 2.05) is 54.9 Å². The van der Waals surface area contributed by atoms with Crippen LogP contribution in [0.4, 0.5) is 27.7 Å². The van der Waals surface area contributed by atoms with Crippen LogP contribution in [0.3, 0.4) is 0 Å². The van der Waals surface area contributed by atoms with Crippen molar-refractivity contribution >= 4 is 35.1 Å². The zero-order chi connectivity index (χ0) is 56.0. The van der Waals surface area contributed by atoms with Crippen molar-refractivity contribution in [2.75, 3.05) is 89.9 Å². The summed E-state index contributed by atoms with van der Waals surface area (Å²) in [5.41, 5.74) is 14.0. The average molecular weight is 1080 g/mol. The molecule has 0 bridgehead atoms. The van der Waals surface area contributed by atoms with E-state index in [4.69, 9.17) is 19.4 Å². The second kappa shape index (κ2) is 26.9. The Kier molecular flexibility index (Phi) is 18.9. The first-order valence-corrected chi connectivity index (χ1v) is 27.4. The van der Waals surface area contributed by atoms with E-state index in [2.05, 4.69) is 142 Å². The highest BCUT2D eigenvalue weighted by atomic mass is 19.1. The monoisotopic (exact) mass is 1070 g/mol. The third kappa shape index (κ3) is 14.4. The number of methoxy groups -OCH3 is 2. The van der Waals surface area contributed by atoms with E-state index in [0.29, 0.717) is 34.6 Å². The largest absolute Gasteiger partial charge is 0.497 e. The van der Waals surface area contributed by atoms with E-state index in [1.54, 1.807) is 14.2 Å². The van der Waals surface area contributed by atoms with Gasteiger partial charge in [0.15, 0.2) is 0 Å². The summed E-state index contributed by atoms with van der Waals surface area (Å²) in [7, 11) is 11.6. The number of rotatable bonds is 21. The number of ether oxygens (including phenoxy) is 2. The summed E-state index contributed by atoms with van der Waals surface area (Å²) in [6.45, 7) is 3.85. The van der Waals surface area contributed by atoms with Crippen LogP contribution in [-0.2, 0) is 24.1 Å². The Morgan fingerprint density at radius 1 is 0.588 bits per heavy atom. The zero-order valence-electron chi connectivity index (χ0n) is 46.6. The number of unbranched alkanes of at least 4 members (excludes halogenated alkanes) is 2. The zero-order valence-corrected chi connectivity index (χ0v) is 46.6. The van der Waals surface area contributed by atoms with Gasteiger partial charge in [0.1, 0.15) is 17.3 Å². The fourth-order valence-electron chi connectivity index (χ4n) is 10.3. The lowest BCUT2D eigenvalue weighted by Gasteiger charge is -2.27. The van der Waals surface area contributed by atoms with Crippen molar-refractivity contribution in [3.63, 3.8) is 0 Å². The Morgan fingerprint density at radius 3 is 1.57 bits per heavy atom. The summed E-state index contributed by atoms with van der Waals surface area (Å²) in [5, 5.41) is 12.7. The van der Waals surface area contributed by atoms with Crippen LogP contribution in [-0.4, -0.2) is 110 Å². The van der Waals surface area contributed by atoms with Crippen LogP contribution in [0.25, 0.3) is 22.5 Å². The molecule has 2 aliphatic carbocycles. The predicted molar refractivity (Wildman–Crippen MR) is 318 cm³/mol. The van der Waals surface area contributed by atoms with E-state index in [-0.39, 0.29) is 35.9 Å². The van der Waals surface area contributed by atoms with Gasteiger partial charge in [0.2, 0.25) is 17.8 Å². The van der Waals surface area contributed by atoms with Crippen molar-refractivity contribution in [3.8, 4) is 34.0 Å². The summed E-state index contributed by atoms with van der Waals surface area (Å²) in [4.78, 5) is 48.8. The molecule has 6 aromatic carbocycles. The fraction of sp³-hybridized carbons (Fsp3) is 0.292. The first-order valence-electron chi connectivity index (χ1n) is 27.4. The number of hydrogen-bond donors (Lipinski definition) is 4. The molecule has 4 N–H and O–H groups in total. The number of nitrogens with one attached hydrogen (secondary N) is 4. The van der Waals surface area contributed by atoms with Crippen LogP contribution in [0.1, 0.15) is 86.8 Å². The van der Waals surface area contributed by atoms with E-state index >= 15 is 0 Å². The molecule has 0 spiro atoms. The molecule has 2 aromatic heterocycles. The smallest absolute Gasteiger partial charge is 0.255 e. The first-order chi connectivity index (χ1) is 38.9. The Hall–Kier alpha value is -8.53. The molecule has 2 unspecified atom stereocenters. The first kappa shape index (κ1) is 56.2. The van der Waals surface area contributed by atoms with Crippen molar-refractivity contribution in [1.82, 2.24) is 29.7 Å². The quantitative estimate of drug-likeness (QED) is 0.0506. The highest BCUT2D eigenvalue weighted by molar-refractivity contribution is 6.04. The molecule has 14 nitrogen and oxygen atoms in total. The Labute approximate surface area is 469 Å². The summed E-state index contributed by atoms with van der Waals surface area (Å²) in [6, 6.07) is 43.9. The number of nitrogens with zero attached hydrogens (tertiary/aromatic N) is 6. The number of aromatic nitrogens is 4. The van der Waals surface area contributed by atoms with Crippen molar-refractivity contribution in [3.05, 3.63) is 202 Å². The number of carbonyl (C=O) groups excluding carboxylic acids is 2. The van der Waals surface area contributed by atoms with Crippen molar-refractivity contribution < 1.29 is 23.5 Å². The van der Waals surface area contributed by atoms with Gasteiger partial charge in [-0.25, -0.2) is 24.3 Å². The number of amides is 2. The maximum atomic E-state index is 13.2. The molecule has 0 saturated heterocycles. The summed E-state index contributed by atoms with van der Waals surface area (Å²) in [5.74, 6) is 2.27. The van der Waals surface area contributed by atoms with Crippen LogP contribution >= 0.6 is 0 Å². The van der Waals surface area contributed by atoms with Gasteiger partial charge in [0.05, 0.1) is 32.0 Å². The molecule has 80 heavy (non-hydrogen) atoms. The summed E-state index contributed by atoms with van der Waals surface area (Å²) >= 11 is 0. The molecule has 8 aromatic rings. The molecular weight excluding hydrogens is 1000 g/mol. The fourth-order valence-corrected chi connectivity index (χ4v) is 10.3. The second-order valence-electron chi connectivity index (χ2n) is 20.8. The number of halogens is 1. The van der Waals surface area contributed by atoms with E-state index < -0.39 is 0 Å². The Balaban J connectivity index is 0.000000195. The maximum Gasteiger partial charge on any atom is 0.255 e. The summed E-state index contributed by atoms with van der Waals surface area (Å²) < 4.78 is 23.9. The molecule has 10 rings (SSSR count). The van der Waals surface area contributed by atoms with Gasteiger partial charge in [-0.1, -0.05) is 72.8 Å². The molecule has 2 amide bonds. The lowest BCUT2D eigenvalue weighted by molar-refractivity contribution is -0.115. The van der Waals surface area contributed by atoms with Crippen LogP contribution in [0, 0.1) is 5.82 Å². The Morgan fingerprint density at radius 2 is 1.09 bits per heavy atom. The van der Waals surface area contributed by atoms with Crippen LogP contribution in [0.5, 0.6) is 11.5 Å². The molecule has 0 radical (unpaired) electrons. The minimum Gasteiger partial charge on any atom is -0.497 e. The minimum atomic E-state index is -0.367. The van der Waals surface area contributed by atoms with Crippen molar-refractivity contribution in [2.24, 2.45) is 0 Å². The van der Waals surface area contributed by atoms with E-state index in [0.717, 1.165) is 115 Å². The number of anilines is 4. The molecule has 0 aliphatic heterocycles. The molecule has 0 fully saturated rings. The molecule has 2 heterocycles. The van der Waals surface area contributed by atoms with Crippen LogP contribution < -0.4 is 30.7 Å². The average Bonchev–Trinajstić information content (AvgIpc) is 3.58. The highest BCUT2D eigenvalue weighted by Gasteiger charge is 2.29. The number of hydrogen-bond acceptors (Lipinski definition) is 12. The van der Waals surface area contributed by atoms with Crippen LogP contribution in [0.2, 0.25) is 0 Å². The molecule has 2 atom stereocenters. The van der Waals surface area contributed by atoms with Crippen molar-refractivity contribution in [1.29, 1.82) is 0 Å². The third-order valence-electron chi connectivity index (χ3n) is 14.5. The molecular formula is C65H71FN10O4. The Bertz CT molecular complexity index is 3370. The van der Waals surface area contributed by atoms with Gasteiger partial charge in [-0.3, -0.25) is 9.59 Å². The standard InChI is InChI=1S/C34H39N5O3.C31H32FN5O/c1-39(2)18-8-7-17-35-34-36-22-25-20-30(28-9-5-6-10-29(28)33(25)38-34)23-11-13-26(14-12-23)37-32(40)21-24-19-27(41-3)15-16-31(24)42-4;1-37(2)18-6-5-17-33-31-34-20-23-19-28(26-7-3-4-8-27(26)29(23)36-31)21-11-15-25(16-12-21)35-30(38)22-9-13-24(32)14-10-22/h5-6,9-16,19,22,30H,7-8,17-18,20-21H2,1-4H3,(H,37,40)(H,35,36,38);3-4,7-16,20,28H,5-6,17-19H2,1-2H3,(H,35,38)(H,33,34,36). The molecule has 15 heteroatoms. The number of benzene rings is 6. The maximum absolute atomic E-state index is 13.2. The molecule has 0 saturated carbocycles. The van der Waals surface area contributed by atoms with Gasteiger partial charge in [0, 0.05) is 70.9 Å². The molecule has 412 valence electrons. The van der Waals surface area contributed by atoms with E-state index in [1.165, 1.54) is 41.0 Å². The van der Waals surface area contributed by atoms with Gasteiger partial charge in [0.25, 0.3) is 5.91 Å². The third-order valence-corrected chi connectivity index (χ3v) is 14.5. The van der Waals surface area contributed by atoms with Gasteiger partial charge in [-0.15, -0.1) is 0 Å². The topological polar surface area (TPSA) is 159 Å². The minimum absolute atomic E-state index is 0.120. The van der Waals surface area contributed by atoms with Gasteiger partial charge in [-0.05, 0) is 180 Å². The lowest BCUT2D eigenvalue weighted by atomic mass is 9.78. The molecule has 2 aliphatic rings. The lowest BCUT2D eigenvalue weighted by Crippen LogP contribution is -2.17. The predicted octanol–water partition coefficient (Wildman–Crippen LogP) is 11.8. The number of carbonyl (C=O) groups is 2. The van der Waals surface area contributed by atoms with Gasteiger partial charge < -0.3 is 40.5 Å². The van der Waals surface area contributed by atoms with Crippen LogP contribution in [0.15, 0.2) is 152 Å². The van der Waals surface area contributed by atoms with Gasteiger partial charge >= 0.3 is 0 Å².